The molecule has 0 saturated carbocycles. The third-order valence-corrected chi connectivity index (χ3v) is 15.6. The van der Waals surface area contributed by atoms with Gasteiger partial charge < -0.3 is 41.7 Å². The summed E-state index contributed by atoms with van der Waals surface area (Å²) in [5.74, 6) is -4.55. The Kier molecular flexibility index (Phi) is 20.8. The minimum absolute atomic E-state index is 0.101. The van der Waals surface area contributed by atoms with E-state index in [-0.39, 0.29) is 50.6 Å². The maximum Gasteiger partial charge on any atom is 0.327 e. The van der Waals surface area contributed by atoms with Crippen LogP contribution in [0.3, 0.4) is 0 Å². The van der Waals surface area contributed by atoms with Crippen LogP contribution in [0, 0.1) is 22.7 Å². The zero-order valence-corrected chi connectivity index (χ0v) is 45.2. The van der Waals surface area contributed by atoms with Crippen LogP contribution in [0.5, 0.6) is 0 Å². The second-order valence-electron chi connectivity index (χ2n) is 21.7. The van der Waals surface area contributed by atoms with E-state index in [2.05, 4.69) is 31.9 Å². The van der Waals surface area contributed by atoms with Crippen molar-refractivity contribution < 1.29 is 47.9 Å². The van der Waals surface area contributed by atoms with Crippen LogP contribution >= 0.6 is 21.6 Å². The monoisotopic (exact) mass is 997 g/mol. The fraction of sp³-hybridized carbons (Fsp3) is 0.783. The van der Waals surface area contributed by atoms with Crippen LogP contribution in [-0.4, -0.2) is 166 Å². The van der Waals surface area contributed by atoms with Crippen molar-refractivity contribution in [3.8, 4) is 0 Å². The van der Waals surface area contributed by atoms with Gasteiger partial charge in [0.15, 0.2) is 0 Å². The number of amides is 12. The second kappa shape index (κ2) is 23.8. The van der Waals surface area contributed by atoms with Crippen molar-refractivity contribution in [1.29, 1.82) is 0 Å². The largest absolute Gasteiger partial charge is 0.357 e. The molecule has 0 aromatic heterocycles. The molecular weight excluding hydrogens is 917 g/mol. The zero-order chi connectivity index (χ0) is 52.6. The molecule has 0 bridgehead atoms. The number of likely N-dealkylation sites (N-methyl/N-ethyl adjacent to an activating group) is 4. The number of nitrogens with one attached hydrogen (secondary N) is 6. The molecule has 0 radical (unpaired) electrons. The maximum atomic E-state index is 14.6. The molecule has 2 saturated heterocycles. The van der Waals surface area contributed by atoms with Crippen molar-refractivity contribution in [3.05, 3.63) is 0 Å². The molecule has 68 heavy (non-hydrogen) atoms. The van der Waals surface area contributed by atoms with E-state index < -0.39 is 116 Å². The molecule has 0 spiro atoms. The Bertz CT molecular complexity index is 1780. The molecular formula is C46H80N10O10S2. The van der Waals surface area contributed by atoms with Gasteiger partial charge in [-0.1, -0.05) is 90.8 Å². The van der Waals surface area contributed by atoms with Crippen molar-refractivity contribution in [2.75, 3.05) is 41.3 Å². The minimum Gasteiger partial charge on any atom is -0.357 e. The van der Waals surface area contributed by atoms with Crippen molar-refractivity contribution in [3.63, 3.8) is 0 Å². The SMILES string of the molecule is CNC(=O)C(NC(=O)C(CC(C)C)NC(=O)C(CCN1C(=O)N(C)C(C)(C)C1=O)SSC(CCN1C(=O)N(C)C(C)(C)C1=O)C(=O)NC(CC(C)C)C(=O)NC(C(=O)NC)C(C)(C)C)C(C)(C)C. The van der Waals surface area contributed by atoms with Gasteiger partial charge in [-0.25, -0.2) is 9.59 Å². The molecule has 2 aliphatic heterocycles. The number of nitrogens with zero attached hydrogens (tertiary/aromatic N) is 4. The van der Waals surface area contributed by atoms with E-state index in [1.54, 1.807) is 69.2 Å². The predicted molar refractivity (Wildman–Crippen MR) is 264 cm³/mol. The summed E-state index contributed by atoms with van der Waals surface area (Å²) in [4.78, 5) is 141. The highest BCUT2D eigenvalue weighted by Crippen LogP contribution is 2.37. The molecule has 6 N–H and O–H groups in total. The Labute approximate surface area is 411 Å². The Morgan fingerprint density at radius 1 is 0.515 bits per heavy atom. The van der Waals surface area contributed by atoms with Crippen LogP contribution in [0.15, 0.2) is 0 Å². The number of hydrogen-bond donors (Lipinski definition) is 6. The van der Waals surface area contributed by atoms with E-state index in [0.717, 1.165) is 31.4 Å². The van der Waals surface area contributed by atoms with Crippen LogP contribution in [0.25, 0.3) is 0 Å². The number of rotatable bonds is 23. The summed E-state index contributed by atoms with van der Waals surface area (Å²) < 4.78 is 0. The van der Waals surface area contributed by atoms with Crippen molar-refractivity contribution in [1.82, 2.24) is 51.5 Å². The summed E-state index contributed by atoms with van der Waals surface area (Å²) in [5.41, 5.74) is -3.72. The summed E-state index contributed by atoms with van der Waals surface area (Å²) in [6, 6.07) is -5.30. The smallest absolute Gasteiger partial charge is 0.327 e. The number of imide groups is 2. The average Bonchev–Trinajstić information content (AvgIpc) is 3.47. The molecule has 2 fully saturated rings. The number of urea groups is 2. The maximum absolute atomic E-state index is 14.6. The Morgan fingerprint density at radius 2 is 0.809 bits per heavy atom. The average molecular weight is 997 g/mol. The van der Waals surface area contributed by atoms with E-state index in [4.69, 9.17) is 0 Å². The third kappa shape index (κ3) is 15.0. The highest BCUT2D eigenvalue weighted by atomic mass is 33.1. The van der Waals surface area contributed by atoms with Gasteiger partial charge in [0.25, 0.3) is 11.8 Å². The Balaban J connectivity index is 2.65. The molecule has 0 aromatic carbocycles. The topological polar surface area (TPSA) is 256 Å². The molecule has 2 aliphatic rings. The third-order valence-electron chi connectivity index (χ3n) is 12.4. The van der Waals surface area contributed by atoms with Crippen molar-refractivity contribution >= 4 is 80.9 Å². The Hall–Kier alpha value is -4.60. The molecule has 0 aromatic rings. The predicted octanol–water partition coefficient (Wildman–Crippen LogP) is 2.85. The van der Waals surface area contributed by atoms with Gasteiger partial charge >= 0.3 is 12.1 Å². The number of carbonyl (C=O) groups excluding carboxylic acids is 10. The van der Waals surface area contributed by atoms with Gasteiger partial charge in [0.1, 0.15) is 35.2 Å². The van der Waals surface area contributed by atoms with Gasteiger partial charge in [0.2, 0.25) is 35.4 Å². The van der Waals surface area contributed by atoms with Crippen LogP contribution in [0.4, 0.5) is 9.59 Å². The normalized spacial score (nSPS) is 18.8. The minimum atomic E-state index is -1.16. The van der Waals surface area contributed by atoms with Crippen LogP contribution in [0.1, 0.15) is 123 Å². The highest BCUT2D eigenvalue weighted by Gasteiger charge is 2.51. The van der Waals surface area contributed by atoms with Gasteiger partial charge in [0.05, 0.1) is 10.5 Å². The molecule has 6 unspecified atom stereocenters. The highest BCUT2D eigenvalue weighted by molar-refractivity contribution is 8.77. The molecule has 0 aliphatic carbocycles. The molecule has 6 atom stereocenters. The number of hydrogen-bond acceptors (Lipinski definition) is 12. The summed E-state index contributed by atoms with van der Waals surface area (Å²) in [5, 5.41) is 14.2. The van der Waals surface area contributed by atoms with Gasteiger partial charge in [-0.3, -0.25) is 48.2 Å². The lowest BCUT2D eigenvalue weighted by Gasteiger charge is -2.32. The molecule has 22 heteroatoms. The number of carbonyl (C=O) groups is 10. The fourth-order valence-corrected chi connectivity index (χ4v) is 10.4. The first-order valence-electron chi connectivity index (χ1n) is 23.2. The van der Waals surface area contributed by atoms with Crippen LogP contribution in [0.2, 0.25) is 0 Å². The van der Waals surface area contributed by atoms with E-state index in [1.165, 1.54) is 38.0 Å². The van der Waals surface area contributed by atoms with E-state index in [9.17, 15) is 47.9 Å². The summed E-state index contributed by atoms with van der Waals surface area (Å²) >= 11 is 0. The molecule has 20 nitrogen and oxygen atoms in total. The summed E-state index contributed by atoms with van der Waals surface area (Å²) in [6.07, 6.45) is 0.119. The quantitative estimate of drug-likeness (QED) is 0.0639. The standard InChI is InChI=1S/C46H80N10O10S2/c1-25(2)23-27(33(57)51-31(37(61)47-15)43(5,6)7)49-35(59)29(19-21-55-39(63)45(11,12)53(17)41(55)65)67-68-30(20-22-56-40(64)46(13,14)54(18)42(56)66)36(60)50-28(24-26(3)4)34(58)52-32(38(62)48-16)44(8,9)10/h25-32H,19-24H2,1-18H3,(H,47,61)(H,48,62)(H,49,59)(H,50,60)(H,51,57)(H,52,58). The lowest BCUT2D eigenvalue weighted by atomic mass is 9.85. The van der Waals surface area contributed by atoms with Gasteiger partial charge in [-0.05, 0) is 76.0 Å². The first-order chi connectivity index (χ1) is 31.0. The lowest BCUT2D eigenvalue weighted by Crippen LogP contribution is -2.58. The van der Waals surface area contributed by atoms with E-state index in [1.807, 2.05) is 27.7 Å². The second-order valence-corrected chi connectivity index (χ2v) is 24.4. The first kappa shape index (κ1) is 59.5. The molecule has 2 heterocycles. The fourth-order valence-electron chi connectivity index (χ4n) is 7.49. The van der Waals surface area contributed by atoms with Crippen LogP contribution < -0.4 is 31.9 Å². The zero-order valence-electron chi connectivity index (χ0n) is 43.5. The van der Waals surface area contributed by atoms with E-state index in [0.29, 0.717) is 0 Å². The molecule has 2 rings (SSSR count). The molecule has 386 valence electrons. The van der Waals surface area contributed by atoms with Gasteiger partial charge in [-0.2, -0.15) is 0 Å². The van der Waals surface area contributed by atoms with Gasteiger partial charge in [-0.15, -0.1) is 0 Å². The molecule has 12 amide bonds. The van der Waals surface area contributed by atoms with E-state index >= 15 is 0 Å². The summed E-state index contributed by atoms with van der Waals surface area (Å²) in [6.45, 7) is 24.2. The lowest BCUT2D eigenvalue weighted by molar-refractivity contribution is -0.134. The van der Waals surface area contributed by atoms with Crippen molar-refractivity contribution in [2.45, 2.75) is 168 Å². The van der Waals surface area contributed by atoms with Crippen molar-refractivity contribution in [2.24, 2.45) is 22.7 Å². The summed E-state index contributed by atoms with van der Waals surface area (Å²) in [7, 11) is 7.79. The first-order valence-corrected chi connectivity index (χ1v) is 25.5. The van der Waals surface area contributed by atoms with Gasteiger partial charge in [0, 0.05) is 41.3 Å². The van der Waals surface area contributed by atoms with Crippen LogP contribution in [-0.2, 0) is 38.4 Å². The Morgan fingerprint density at radius 3 is 1.03 bits per heavy atom.